The lowest BCUT2D eigenvalue weighted by Gasteiger charge is -2.15. The Bertz CT molecular complexity index is 380. The number of nitriles is 1. The molecule has 1 aromatic rings. The molecule has 0 spiro atoms. The van der Waals surface area contributed by atoms with E-state index in [2.05, 4.69) is 0 Å². The van der Waals surface area contributed by atoms with E-state index < -0.39 is 12.3 Å². The van der Waals surface area contributed by atoms with E-state index in [1.807, 2.05) is 13.0 Å². The average Bonchev–Trinajstić information content (AvgIpc) is 2.26. The topological polar surface area (TPSA) is 23.8 Å². The van der Waals surface area contributed by atoms with Crippen molar-refractivity contribution in [2.45, 2.75) is 32.6 Å². The molecule has 0 heterocycles. The first-order chi connectivity index (χ1) is 7.11. The van der Waals surface area contributed by atoms with Crippen molar-refractivity contribution in [2.24, 2.45) is 0 Å². The quantitative estimate of drug-likeness (QED) is 0.747. The van der Waals surface area contributed by atoms with Crippen LogP contribution in [0.3, 0.4) is 0 Å². The van der Waals surface area contributed by atoms with Crippen LogP contribution < -0.4 is 0 Å². The predicted octanol–water partition coefficient (Wildman–Crippen LogP) is 3.49. The summed E-state index contributed by atoms with van der Waals surface area (Å²) in [6.45, 7) is 3.36. The Morgan fingerprint density at radius 1 is 1.40 bits per heavy atom. The number of nitrogens with zero attached hydrogens (tertiary/aromatic N) is 1. The molecule has 80 valence electrons. The summed E-state index contributed by atoms with van der Waals surface area (Å²) in [5, 5.41) is 8.86. The van der Waals surface area contributed by atoms with Crippen LogP contribution in [0.25, 0.3) is 0 Å². The summed E-state index contributed by atoms with van der Waals surface area (Å²) in [6.07, 6.45) is -1.78. The van der Waals surface area contributed by atoms with Crippen molar-refractivity contribution in [3.8, 4) is 6.07 Å². The van der Waals surface area contributed by atoms with Crippen LogP contribution in [0.5, 0.6) is 0 Å². The fourth-order valence-corrected chi connectivity index (χ4v) is 1.67. The Balaban J connectivity index is 3.24. The predicted molar refractivity (Wildman–Crippen MR) is 55.0 cm³/mol. The largest absolute Gasteiger partial charge is 0.245 e. The molecule has 0 saturated heterocycles. The number of benzene rings is 1. The van der Waals surface area contributed by atoms with E-state index in [9.17, 15) is 8.78 Å². The van der Waals surface area contributed by atoms with Crippen LogP contribution in [-0.2, 0) is 6.42 Å². The van der Waals surface area contributed by atoms with Crippen LogP contribution in [0.1, 0.15) is 36.5 Å². The van der Waals surface area contributed by atoms with Crippen LogP contribution in [0.15, 0.2) is 18.2 Å². The zero-order chi connectivity index (χ0) is 11.4. The normalized spacial score (nSPS) is 12.5. The summed E-state index contributed by atoms with van der Waals surface area (Å²) >= 11 is 0. The van der Waals surface area contributed by atoms with Gasteiger partial charge in [0.15, 0.2) is 0 Å². The molecule has 0 saturated carbocycles. The summed E-state index contributed by atoms with van der Waals surface area (Å²) < 4.78 is 25.2. The second-order valence-corrected chi connectivity index (χ2v) is 3.46. The molecule has 1 unspecified atom stereocenters. The van der Waals surface area contributed by atoms with Gasteiger partial charge in [-0.3, -0.25) is 0 Å². The van der Waals surface area contributed by atoms with Gasteiger partial charge in [0.25, 0.3) is 0 Å². The van der Waals surface area contributed by atoms with Crippen molar-refractivity contribution in [1.82, 2.24) is 0 Å². The number of hydrogen-bond donors (Lipinski definition) is 0. The van der Waals surface area contributed by atoms with E-state index in [0.29, 0.717) is 17.5 Å². The van der Waals surface area contributed by atoms with E-state index in [4.69, 9.17) is 5.26 Å². The van der Waals surface area contributed by atoms with Gasteiger partial charge < -0.3 is 0 Å². The van der Waals surface area contributed by atoms with Gasteiger partial charge in [-0.2, -0.15) is 5.26 Å². The highest BCUT2D eigenvalue weighted by Crippen LogP contribution is 2.27. The fourth-order valence-electron chi connectivity index (χ4n) is 1.67. The van der Waals surface area contributed by atoms with E-state index in [1.54, 1.807) is 18.2 Å². The van der Waals surface area contributed by atoms with E-state index in [0.717, 1.165) is 5.56 Å². The lowest BCUT2D eigenvalue weighted by Crippen LogP contribution is -2.08. The zero-order valence-electron chi connectivity index (χ0n) is 8.80. The molecule has 1 aromatic carbocycles. The number of alkyl halides is 2. The molecule has 1 nitrogen and oxygen atoms in total. The van der Waals surface area contributed by atoms with Crippen molar-refractivity contribution < 1.29 is 8.78 Å². The average molecular weight is 209 g/mol. The summed E-state index contributed by atoms with van der Waals surface area (Å²) in [7, 11) is 0. The number of rotatable bonds is 3. The van der Waals surface area contributed by atoms with Crippen molar-refractivity contribution in [1.29, 1.82) is 5.26 Å². The van der Waals surface area contributed by atoms with Gasteiger partial charge in [-0.1, -0.05) is 26.0 Å². The van der Waals surface area contributed by atoms with Crippen LogP contribution >= 0.6 is 0 Å². The Morgan fingerprint density at radius 2 is 2.07 bits per heavy atom. The summed E-state index contributed by atoms with van der Waals surface area (Å²) in [5.74, 6) is -0.812. The Hall–Kier alpha value is -1.43. The molecule has 15 heavy (non-hydrogen) atoms. The van der Waals surface area contributed by atoms with Crippen LogP contribution in [0.2, 0.25) is 0 Å². The summed E-state index contributed by atoms with van der Waals surface area (Å²) in [5.41, 5.74) is 1.84. The standard InChI is InChI=1S/C12H13F2N/c1-3-10-9(7-15)5-4-6-11(10)8(2)12(13)14/h4-6,8,12H,3H2,1-2H3. The molecule has 1 rings (SSSR count). The molecule has 0 aliphatic heterocycles. The molecule has 0 N–H and O–H groups in total. The van der Waals surface area contributed by atoms with Crippen LogP contribution in [0.4, 0.5) is 8.78 Å². The van der Waals surface area contributed by atoms with Crippen LogP contribution in [0, 0.1) is 11.3 Å². The van der Waals surface area contributed by atoms with Gasteiger partial charge in [-0.15, -0.1) is 0 Å². The second kappa shape index (κ2) is 4.88. The van der Waals surface area contributed by atoms with Crippen molar-refractivity contribution in [2.75, 3.05) is 0 Å². The molecule has 0 aliphatic rings. The van der Waals surface area contributed by atoms with Gasteiger partial charge in [0.1, 0.15) is 0 Å². The highest BCUT2D eigenvalue weighted by molar-refractivity contribution is 5.44. The third-order valence-electron chi connectivity index (χ3n) is 2.55. The molecule has 0 aliphatic carbocycles. The number of hydrogen-bond acceptors (Lipinski definition) is 1. The zero-order valence-corrected chi connectivity index (χ0v) is 8.80. The molecule has 1 atom stereocenters. The van der Waals surface area contributed by atoms with E-state index >= 15 is 0 Å². The van der Waals surface area contributed by atoms with Gasteiger partial charge in [0.2, 0.25) is 6.43 Å². The maximum Gasteiger partial charge on any atom is 0.245 e. The van der Waals surface area contributed by atoms with Gasteiger partial charge in [0, 0.05) is 5.92 Å². The molecule has 0 amide bonds. The van der Waals surface area contributed by atoms with E-state index in [1.165, 1.54) is 6.92 Å². The monoisotopic (exact) mass is 209 g/mol. The third-order valence-corrected chi connectivity index (χ3v) is 2.55. The van der Waals surface area contributed by atoms with Crippen molar-refractivity contribution in [3.63, 3.8) is 0 Å². The fraction of sp³-hybridized carbons (Fsp3) is 0.417. The summed E-state index contributed by atoms with van der Waals surface area (Å²) in [6, 6.07) is 7.04. The smallest absolute Gasteiger partial charge is 0.210 e. The highest BCUT2D eigenvalue weighted by atomic mass is 19.3. The summed E-state index contributed by atoms with van der Waals surface area (Å²) in [4.78, 5) is 0. The number of halogens is 2. The van der Waals surface area contributed by atoms with E-state index in [-0.39, 0.29) is 0 Å². The first-order valence-corrected chi connectivity index (χ1v) is 4.91. The Morgan fingerprint density at radius 3 is 2.53 bits per heavy atom. The molecular formula is C12H13F2N. The minimum atomic E-state index is -2.38. The van der Waals surface area contributed by atoms with Crippen molar-refractivity contribution >= 4 is 0 Å². The molecule has 0 aromatic heterocycles. The lowest BCUT2D eigenvalue weighted by molar-refractivity contribution is 0.121. The highest BCUT2D eigenvalue weighted by Gasteiger charge is 2.20. The minimum Gasteiger partial charge on any atom is -0.210 e. The van der Waals surface area contributed by atoms with Gasteiger partial charge in [-0.05, 0) is 23.6 Å². The molecule has 3 heteroatoms. The molecule has 0 fully saturated rings. The first-order valence-electron chi connectivity index (χ1n) is 4.91. The third kappa shape index (κ3) is 2.33. The maximum absolute atomic E-state index is 12.6. The SMILES string of the molecule is CCc1c(C#N)cccc1C(C)C(F)F. The lowest BCUT2D eigenvalue weighted by atomic mass is 9.91. The molecule has 0 radical (unpaired) electrons. The van der Waals surface area contributed by atoms with Gasteiger partial charge in [-0.25, -0.2) is 8.78 Å². The van der Waals surface area contributed by atoms with Gasteiger partial charge >= 0.3 is 0 Å². The second-order valence-electron chi connectivity index (χ2n) is 3.46. The molecular weight excluding hydrogens is 196 g/mol. The Labute approximate surface area is 88.3 Å². The Kier molecular flexibility index (Phi) is 3.79. The first kappa shape index (κ1) is 11.6. The van der Waals surface area contributed by atoms with Crippen LogP contribution in [-0.4, -0.2) is 6.43 Å². The molecule has 0 bridgehead atoms. The van der Waals surface area contributed by atoms with Crippen molar-refractivity contribution in [3.05, 3.63) is 34.9 Å². The maximum atomic E-state index is 12.6. The van der Waals surface area contributed by atoms with Gasteiger partial charge in [0.05, 0.1) is 11.6 Å². The minimum absolute atomic E-state index is 0.502.